The van der Waals surface area contributed by atoms with Crippen LogP contribution in [0.5, 0.6) is 0 Å². The number of hydrogen-bond acceptors (Lipinski definition) is 5. The second kappa shape index (κ2) is 8.11. The lowest BCUT2D eigenvalue weighted by atomic mass is 10.0. The lowest BCUT2D eigenvalue weighted by Gasteiger charge is -2.12. The number of thiophene rings is 1. The molecule has 118 valence electrons. The van der Waals surface area contributed by atoms with E-state index in [1.165, 1.54) is 6.07 Å². The van der Waals surface area contributed by atoms with Crippen molar-refractivity contribution in [3.05, 3.63) is 17.5 Å². The van der Waals surface area contributed by atoms with Gasteiger partial charge in [0.1, 0.15) is 4.21 Å². The average Bonchev–Trinajstić information content (AvgIpc) is 2.95. The molecule has 9 heteroatoms. The molecule has 0 aliphatic rings. The van der Waals surface area contributed by atoms with Gasteiger partial charge in [0.25, 0.3) is 10.0 Å². The van der Waals surface area contributed by atoms with Crippen molar-refractivity contribution in [3.8, 4) is 0 Å². The first-order valence-corrected chi connectivity index (χ1v) is 8.75. The molecule has 0 fully saturated rings. The van der Waals surface area contributed by atoms with E-state index in [0.29, 0.717) is 12.8 Å². The molecule has 0 aromatic carbocycles. The minimum Gasteiger partial charge on any atom is -0.481 e. The molecular formula is C12H18N2O5S2. The molecule has 1 aromatic rings. The second-order valence-corrected chi connectivity index (χ2v) is 7.33. The topological polar surface area (TPSA) is 113 Å². The Labute approximate surface area is 127 Å². The van der Waals surface area contributed by atoms with Crippen LogP contribution in [0.3, 0.4) is 0 Å². The van der Waals surface area contributed by atoms with Crippen molar-refractivity contribution in [1.82, 2.24) is 10.0 Å². The molecule has 1 aromatic heterocycles. The van der Waals surface area contributed by atoms with Crippen LogP contribution in [0.15, 0.2) is 21.7 Å². The van der Waals surface area contributed by atoms with Crippen molar-refractivity contribution in [2.24, 2.45) is 5.92 Å². The van der Waals surface area contributed by atoms with E-state index in [1.54, 1.807) is 11.4 Å². The minimum atomic E-state index is -3.69. The van der Waals surface area contributed by atoms with Gasteiger partial charge in [0, 0.05) is 6.54 Å². The Hall–Kier alpha value is -1.45. The monoisotopic (exact) mass is 334 g/mol. The molecule has 1 unspecified atom stereocenters. The lowest BCUT2D eigenvalue weighted by molar-refractivity contribution is -0.141. The van der Waals surface area contributed by atoms with Crippen molar-refractivity contribution in [1.29, 1.82) is 0 Å². The van der Waals surface area contributed by atoms with Crippen LogP contribution < -0.4 is 10.0 Å². The van der Waals surface area contributed by atoms with E-state index in [0.717, 1.165) is 11.3 Å². The number of carbonyl (C=O) groups excluding carboxylic acids is 1. The van der Waals surface area contributed by atoms with E-state index in [9.17, 15) is 18.0 Å². The first-order chi connectivity index (χ1) is 9.86. The number of carboxylic acid groups (broad SMARTS) is 1. The smallest absolute Gasteiger partial charge is 0.308 e. The van der Waals surface area contributed by atoms with Crippen LogP contribution in [-0.4, -0.2) is 38.5 Å². The molecule has 0 bridgehead atoms. The maximum absolute atomic E-state index is 11.8. The van der Waals surface area contributed by atoms with E-state index in [2.05, 4.69) is 10.0 Å². The fraction of sp³-hybridized carbons (Fsp3) is 0.500. The summed E-state index contributed by atoms with van der Waals surface area (Å²) in [6, 6.07) is 3.04. The summed E-state index contributed by atoms with van der Waals surface area (Å²) in [6.45, 7) is 1.42. The SMILES string of the molecule is CCCC(CNC(=O)CNS(=O)(=O)c1cccs1)C(=O)O. The van der Waals surface area contributed by atoms with Crippen LogP contribution >= 0.6 is 11.3 Å². The van der Waals surface area contributed by atoms with Gasteiger partial charge in [-0.25, -0.2) is 13.1 Å². The maximum Gasteiger partial charge on any atom is 0.308 e. The Kier molecular flexibility index (Phi) is 6.79. The van der Waals surface area contributed by atoms with Gasteiger partial charge < -0.3 is 10.4 Å². The van der Waals surface area contributed by atoms with Crippen LogP contribution in [0.4, 0.5) is 0 Å². The summed E-state index contributed by atoms with van der Waals surface area (Å²) in [6.07, 6.45) is 1.15. The number of hydrogen-bond donors (Lipinski definition) is 3. The molecular weight excluding hydrogens is 316 g/mol. The Morgan fingerprint density at radius 2 is 2.14 bits per heavy atom. The number of nitrogens with one attached hydrogen (secondary N) is 2. The molecule has 1 atom stereocenters. The Morgan fingerprint density at radius 1 is 1.43 bits per heavy atom. The summed E-state index contributed by atoms with van der Waals surface area (Å²) in [5, 5.41) is 13.0. The van der Waals surface area contributed by atoms with Crippen molar-refractivity contribution >= 4 is 33.2 Å². The molecule has 1 heterocycles. The number of carboxylic acids is 1. The Balaban J connectivity index is 2.42. The zero-order chi connectivity index (χ0) is 15.9. The molecule has 21 heavy (non-hydrogen) atoms. The van der Waals surface area contributed by atoms with Crippen molar-refractivity contribution in [2.75, 3.05) is 13.1 Å². The fourth-order valence-corrected chi connectivity index (χ4v) is 3.63. The highest BCUT2D eigenvalue weighted by Gasteiger charge is 2.19. The largest absolute Gasteiger partial charge is 0.481 e. The van der Waals surface area contributed by atoms with Crippen LogP contribution in [0.2, 0.25) is 0 Å². The quantitative estimate of drug-likeness (QED) is 0.613. The third-order valence-electron chi connectivity index (χ3n) is 2.71. The lowest BCUT2D eigenvalue weighted by Crippen LogP contribution is -2.40. The molecule has 0 aliphatic heterocycles. The fourth-order valence-electron chi connectivity index (χ4n) is 1.61. The molecule has 0 saturated heterocycles. The van der Waals surface area contributed by atoms with Crippen molar-refractivity contribution in [3.63, 3.8) is 0 Å². The molecule has 0 radical (unpaired) electrons. The van der Waals surface area contributed by atoms with Crippen LogP contribution in [-0.2, 0) is 19.6 Å². The normalized spacial score (nSPS) is 12.8. The van der Waals surface area contributed by atoms with Gasteiger partial charge in [-0.3, -0.25) is 9.59 Å². The summed E-state index contributed by atoms with van der Waals surface area (Å²) < 4.78 is 25.8. The van der Waals surface area contributed by atoms with Gasteiger partial charge in [0.05, 0.1) is 12.5 Å². The number of amides is 1. The molecule has 0 saturated carbocycles. The third kappa shape index (κ3) is 5.82. The van der Waals surface area contributed by atoms with Crippen LogP contribution in [0.1, 0.15) is 19.8 Å². The highest BCUT2D eigenvalue weighted by molar-refractivity contribution is 7.91. The third-order valence-corrected chi connectivity index (χ3v) is 5.51. The van der Waals surface area contributed by atoms with Gasteiger partial charge in [-0.1, -0.05) is 19.4 Å². The first-order valence-electron chi connectivity index (χ1n) is 6.39. The van der Waals surface area contributed by atoms with Gasteiger partial charge in [0.15, 0.2) is 0 Å². The summed E-state index contributed by atoms with van der Waals surface area (Å²) >= 11 is 1.05. The maximum atomic E-state index is 11.8. The number of sulfonamides is 1. The van der Waals surface area contributed by atoms with E-state index < -0.39 is 34.4 Å². The number of rotatable bonds is 9. The van der Waals surface area contributed by atoms with E-state index in [-0.39, 0.29) is 10.8 Å². The summed E-state index contributed by atoms with van der Waals surface area (Å²) in [5.41, 5.74) is 0. The number of aliphatic carboxylic acids is 1. The Morgan fingerprint density at radius 3 is 2.67 bits per heavy atom. The van der Waals surface area contributed by atoms with Gasteiger partial charge >= 0.3 is 5.97 Å². The summed E-state index contributed by atoms with van der Waals surface area (Å²) in [5.74, 6) is -2.19. The average molecular weight is 334 g/mol. The van der Waals surface area contributed by atoms with E-state index in [1.807, 2.05) is 6.92 Å². The van der Waals surface area contributed by atoms with Gasteiger partial charge in [-0.2, -0.15) is 0 Å². The summed E-state index contributed by atoms with van der Waals surface area (Å²) in [7, 11) is -3.69. The zero-order valence-electron chi connectivity index (χ0n) is 11.5. The molecule has 0 aliphatic carbocycles. The second-order valence-electron chi connectivity index (χ2n) is 4.38. The highest BCUT2D eigenvalue weighted by Crippen LogP contribution is 2.14. The predicted molar refractivity (Wildman–Crippen MR) is 78.6 cm³/mol. The molecule has 1 rings (SSSR count). The van der Waals surface area contributed by atoms with Crippen molar-refractivity contribution in [2.45, 2.75) is 24.0 Å². The molecule has 1 amide bonds. The minimum absolute atomic E-state index is 0.0112. The molecule has 7 nitrogen and oxygen atoms in total. The van der Waals surface area contributed by atoms with Crippen LogP contribution in [0.25, 0.3) is 0 Å². The van der Waals surface area contributed by atoms with Gasteiger partial charge in [0.2, 0.25) is 5.91 Å². The summed E-state index contributed by atoms with van der Waals surface area (Å²) in [4.78, 5) is 22.5. The predicted octanol–water partition coefficient (Wildman–Crippen LogP) is 0.643. The van der Waals surface area contributed by atoms with E-state index in [4.69, 9.17) is 5.11 Å². The number of carbonyl (C=O) groups is 2. The molecule has 0 spiro atoms. The first kappa shape index (κ1) is 17.6. The van der Waals surface area contributed by atoms with E-state index >= 15 is 0 Å². The highest BCUT2D eigenvalue weighted by atomic mass is 32.2. The zero-order valence-corrected chi connectivity index (χ0v) is 13.2. The Bertz CT molecular complexity index is 568. The standard InChI is InChI=1S/C12H18N2O5S2/c1-2-4-9(12(16)17)7-13-10(15)8-14-21(18,19)11-5-3-6-20-11/h3,5-6,9,14H,2,4,7-8H2,1H3,(H,13,15)(H,16,17). The van der Waals surface area contributed by atoms with Gasteiger partial charge in [-0.15, -0.1) is 11.3 Å². The van der Waals surface area contributed by atoms with Crippen molar-refractivity contribution < 1.29 is 23.1 Å². The molecule has 3 N–H and O–H groups in total. The van der Waals surface area contributed by atoms with Gasteiger partial charge in [-0.05, 0) is 17.9 Å². The van der Waals surface area contributed by atoms with Crippen LogP contribution in [0, 0.1) is 5.92 Å².